The molecule has 0 aliphatic carbocycles. The molecule has 1 atom stereocenters. The number of rotatable bonds is 11. The molecule has 0 aliphatic heterocycles. The first-order valence-electron chi connectivity index (χ1n) is 9.26. The van der Waals surface area contributed by atoms with Crippen LogP contribution in [0, 0.1) is 0 Å². The highest BCUT2D eigenvalue weighted by molar-refractivity contribution is 5.75. The van der Waals surface area contributed by atoms with Gasteiger partial charge in [0.15, 0.2) is 12.0 Å². The Kier molecular flexibility index (Phi) is 8.08. The number of unbranched alkanes of at least 4 members (excludes halogenated alkanes) is 5. The van der Waals surface area contributed by atoms with Crippen LogP contribution in [-0.4, -0.2) is 27.8 Å². The smallest absolute Gasteiger partial charge is 0.254 e. The van der Waals surface area contributed by atoms with Crippen LogP contribution in [0.15, 0.2) is 33.8 Å². The number of nitrogens with zero attached hydrogens (tertiary/aromatic N) is 3. The Labute approximate surface area is 154 Å². The van der Waals surface area contributed by atoms with E-state index in [4.69, 9.17) is 16.0 Å². The van der Waals surface area contributed by atoms with E-state index in [-0.39, 0.29) is 18.5 Å². The molecular weight excluding hydrogens is 330 g/mol. The normalized spacial score (nSPS) is 12.1. The monoisotopic (exact) mass is 359 g/mol. The van der Waals surface area contributed by atoms with Gasteiger partial charge < -0.3 is 21.1 Å². The quantitative estimate of drug-likeness (QED) is 0.322. The van der Waals surface area contributed by atoms with E-state index in [0.717, 1.165) is 12.0 Å². The van der Waals surface area contributed by atoms with Crippen LogP contribution in [0.1, 0.15) is 62.9 Å². The summed E-state index contributed by atoms with van der Waals surface area (Å²) in [5.41, 5.74) is 12.8. The lowest BCUT2D eigenvalue weighted by Gasteiger charge is -2.03. The second-order valence-electron chi connectivity index (χ2n) is 6.42. The van der Waals surface area contributed by atoms with Crippen molar-refractivity contribution in [2.75, 3.05) is 6.61 Å². The third-order valence-corrected chi connectivity index (χ3v) is 4.24. The zero-order chi connectivity index (χ0) is 18.8. The maximum absolute atomic E-state index is 9.35. The van der Waals surface area contributed by atoms with Crippen LogP contribution in [0.5, 0.6) is 0 Å². The summed E-state index contributed by atoms with van der Waals surface area (Å²) in [5, 5.41) is 13.3. The first-order valence-corrected chi connectivity index (χ1v) is 9.26. The zero-order valence-electron chi connectivity index (χ0n) is 15.4. The number of benzene rings is 1. The van der Waals surface area contributed by atoms with Crippen molar-refractivity contribution in [3.8, 4) is 11.4 Å². The average Bonchev–Trinajstić information content (AvgIpc) is 3.13. The van der Waals surface area contributed by atoms with Crippen LogP contribution in [0.2, 0.25) is 0 Å². The third-order valence-electron chi connectivity index (χ3n) is 4.24. The zero-order valence-corrected chi connectivity index (χ0v) is 15.4. The topological polar surface area (TPSA) is 124 Å². The summed E-state index contributed by atoms with van der Waals surface area (Å²) >= 11 is 0. The molecule has 2 rings (SSSR count). The number of nitrogens with two attached hydrogens (primary N) is 2. The van der Waals surface area contributed by atoms with E-state index in [1.807, 2.05) is 12.1 Å². The number of aliphatic imine (C=N–C) groups is 1. The van der Waals surface area contributed by atoms with Crippen molar-refractivity contribution in [2.45, 2.75) is 57.9 Å². The van der Waals surface area contributed by atoms with E-state index in [1.165, 1.54) is 44.1 Å². The molecule has 1 aromatic heterocycles. The Bertz CT molecular complexity index is 677. The number of guanidine groups is 1. The largest absolute Gasteiger partial charge is 0.394 e. The Morgan fingerprint density at radius 3 is 2.46 bits per heavy atom. The van der Waals surface area contributed by atoms with Crippen LogP contribution in [0.3, 0.4) is 0 Å². The van der Waals surface area contributed by atoms with Gasteiger partial charge in [-0.25, -0.2) is 4.99 Å². The average molecular weight is 359 g/mol. The first kappa shape index (κ1) is 19.9. The van der Waals surface area contributed by atoms with Crippen molar-refractivity contribution in [1.29, 1.82) is 0 Å². The van der Waals surface area contributed by atoms with E-state index in [1.54, 1.807) is 0 Å². The summed E-state index contributed by atoms with van der Waals surface area (Å²) in [6, 6.07) is 7.41. The number of aromatic nitrogens is 2. The number of hydrogen-bond acceptors (Lipinski definition) is 5. The predicted molar refractivity (Wildman–Crippen MR) is 102 cm³/mol. The minimum Gasteiger partial charge on any atom is -0.394 e. The Morgan fingerprint density at radius 1 is 1.12 bits per heavy atom. The fourth-order valence-corrected chi connectivity index (χ4v) is 2.77. The molecule has 7 nitrogen and oxygen atoms in total. The highest BCUT2D eigenvalue weighted by Crippen LogP contribution is 2.21. The molecule has 0 saturated carbocycles. The lowest BCUT2D eigenvalue weighted by atomic mass is 10.0. The molecule has 0 bridgehead atoms. The van der Waals surface area contributed by atoms with Gasteiger partial charge >= 0.3 is 0 Å². The van der Waals surface area contributed by atoms with Gasteiger partial charge in [-0.1, -0.05) is 68.4 Å². The van der Waals surface area contributed by atoms with Gasteiger partial charge in [0.05, 0.1) is 6.61 Å². The van der Waals surface area contributed by atoms with Crippen molar-refractivity contribution in [2.24, 2.45) is 16.5 Å². The summed E-state index contributed by atoms with van der Waals surface area (Å²) < 4.78 is 5.18. The van der Waals surface area contributed by atoms with Crippen molar-refractivity contribution >= 4 is 5.96 Å². The van der Waals surface area contributed by atoms with Gasteiger partial charge in [-0.15, -0.1) is 0 Å². The molecule has 0 spiro atoms. The van der Waals surface area contributed by atoms with E-state index in [0.29, 0.717) is 5.82 Å². The second-order valence-corrected chi connectivity index (χ2v) is 6.42. The Hall–Kier alpha value is -2.41. The van der Waals surface area contributed by atoms with Gasteiger partial charge in [-0.3, -0.25) is 0 Å². The molecule has 0 amide bonds. The molecule has 0 saturated heterocycles. The third kappa shape index (κ3) is 6.15. The van der Waals surface area contributed by atoms with Crippen LogP contribution in [0.4, 0.5) is 0 Å². The molecule has 0 unspecified atom stereocenters. The maximum Gasteiger partial charge on any atom is 0.254 e. The van der Waals surface area contributed by atoms with Crippen LogP contribution < -0.4 is 11.5 Å². The van der Waals surface area contributed by atoms with E-state index >= 15 is 0 Å². The summed E-state index contributed by atoms with van der Waals surface area (Å²) in [5.74, 6) is 0.505. The minimum atomic E-state index is -0.742. The minimum absolute atomic E-state index is 0.136. The highest BCUT2D eigenvalue weighted by atomic mass is 16.5. The van der Waals surface area contributed by atoms with Crippen molar-refractivity contribution in [1.82, 2.24) is 10.1 Å². The molecule has 1 aromatic carbocycles. The molecule has 2 aromatic rings. The standard InChI is InChI=1S/C19H29N5O2/c1-2-3-4-5-6-7-8-14-9-11-15(12-10-14)17-23-18(26-24-17)16(13-25)22-19(20)21/h9-12,16,25H,2-8,13H2,1H3,(H4,20,21,22)/t16-/m0/s1. The van der Waals surface area contributed by atoms with Gasteiger partial charge in [0.25, 0.3) is 5.89 Å². The molecule has 1 heterocycles. The second kappa shape index (κ2) is 10.6. The van der Waals surface area contributed by atoms with E-state index in [2.05, 4.69) is 34.2 Å². The van der Waals surface area contributed by atoms with Gasteiger partial charge in [0.1, 0.15) is 0 Å². The van der Waals surface area contributed by atoms with Crippen molar-refractivity contribution in [3.63, 3.8) is 0 Å². The van der Waals surface area contributed by atoms with E-state index < -0.39 is 6.04 Å². The number of aliphatic hydroxyl groups is 1. The van der Waals surface area contributed by atoms with Gasteiger partial charge in [0.2, 0.25) is 5.82 Å². The molecule has 0 fully saturated rings. The Balaban J connectivity index is 1.91. The van der Waals surface area contributed by atoms with Crippen LogP contribution in [0.25, 0.3) is 11.4 Å². The predicted octanol–water partition coefficient (Wildman–Crippen LogP) is 2.95. The molecule has 26 heavy (non-hydrogen) atoms. The van der Waals surface area contributed by atoms with Gasteiger partial charge in [-0.05, 0) is 18.4 Å². The lowest BCUT2D eigenvalue weighted by molar-refractivity contribution is 0.238. The molecule has 7 heteroatoms. The fraction of sp³-hybridized carbons (Fsp3) is 0.526. The Morgan fingerprint density at radius 2 is 1.81 bits per heavy atom. The van der Waals surface area contributed by atoms with E-state index in [9.17, 15) is 5.11 Å². The van der Waals surface area contributed by atoms with Gasteiger partial charge in [-0.2, -0.15) is 4.98 Å². The highest BCUT2D eigenvalue weighted by Gasteiger charge is 2.18. The fourth-order valence-electron chi connectivity index (χ4n) is 2.77. The SMILES string of the molecule is CCCCCCCCc1ccc(-c2noc([C@H](CO)N=C(N)N)n2)cc1. The van der Waals surface area contributed by atoms with Crippen LogP contribution >= 0.6 is 0 Å². The summed E-state index contributed by atoms with van der Waals surface area (Å²) in [6.45, 7) is 1.93. The number of aryl methyl sites for hydroxylation is 1. The summed E-state index contributed by atoms with van der Waals surface area (Å²) in [6.07, 6.45) is 8.85. The van der Waals surface area contributed by atoms with Crippen molar-refractivity contribution < 1.29 is 9.63 Å². The van der Waals surface area contributed by atoms with Gasteiger partial charge in [0, 0.05) is 5.56 Å². The summed E-state index contributed by atoms with van der Waals surface area (Å²) in [7, 11) is 0. The first-order chi connectivity index (χ1) is 12.6. The molecule has 0 radical (unpaired) electrons. The summed E-state index contributed by atoms with van der Waals surface area (Å²) in [4.78, 5) is 8.16. The number of hydrogen-bond donors (Lipinski definition) is 3. The van der Waals surface area contributed by atoms with Crippen molar-refractivity contribution in [3.05, 3.63) is 35.7 Å². The van der Waals surface area contributed by atoms with Crippen LogP contribution in [-0.2, 0) is 6.42 Å². The molecular formula is C19H29N5O2. The molecule has 5 N–H and O–H groups in total. The molecule has 142 valence electrons. The molecule has 0 aliphatic rings. The lowest BCUT2D eigenvalue weighted by Crippen LogP contribution is -2.24. The maximum atomic E-state index is 9.35. The number of aliphatic hydroxyl groups excluding tert-OH is 1.